The van der Waals surface area contributed by atoms with Gasteiger partial charge in [0.2, 0.25) is 5.91 Å². The number of piperidine rings is 1. The highest BCUT2D eigenvalue weighted by Gasteiger charge is 2.67. The predicted molar refractivity (Wildman–Crippen MR) is 100 cm³/mol. The number of hydrogen-bond donors (Lipinski definition) is 2. The van der Waals surface area contributed by atoms with Crippen LogP contribution in [0.5, 0.6) is 0 Å². The molecule has 0 spiro atoms. The third-order valence-electron chi connectivity index (χ3n) is 5.72. The Hall–Kier alpha value is -1.67. The minimum Gasteiger partial charge on any atom is -0.465 e. The van der Waals surface area contributed by atoms with Crippen molar-refractivity contribution in [3.8, 4) is 0 Å². The number of rotatable bonds is 5. The highest BCUT2D eigenvalue weighted by atomic mass is 79.9. The molecule has 3 atom stereocenters. The largest absolute Gasteiger partial charge is 0.465 e. The van der Waals surface area contributed by atoms with Crippen LogP contribution in [0.15, 0.2) is 16.7 Å². The van der Waals surface area contributed by atoms with Crippen molar-refractivity contribution in [3.63, 3.8) is 0 Å². The summed E-state index contributed by atoms with van der Waals surface area (Å²) in [7, 11) is 3.96. The molecule has 26 heavy (non-hydrogen) atoms. The van der Waals surface area contributed by atoms with Crippen LogP contribution in [-0.2, 0) is 4.79 Å². The van der Waals surface area contributed by atoms with E-state index in [0.717, 1.165) is 31.4 Å². The lowest BCUT2D eigenvalue weighted by molar-refractivity contribution is -0.120. The summed E-state index contributed by atoms with van der Waals surface area (Å²) in [6.07, 6.45) is 2.60. The van der Waals surface area contributed by atoms with E-state index in [1.54, 1.807) is 0 Å². The second kappa shape index (κ2) is 6.20. The van der Waals surface area contributed by atoms with Crippen molar-refractivity contribution in [3.05, 3.63) is 22.3 Å². The van der Waals surface area contributed by atoms with E-state index in [0.29, 0.717) is 22.8 Å². The van der Waals surface area contributed by atoms with E-state index in [4.69, 9.17) is 0 Å². The third-order valence-corrected chi connectivity index (χ3v) is 6.17. The minimum atomic E-state index is -1.02. The molecule has 1 aromatic heterocycles. The van der Waals surface area contributed by atoms with Crippen molar-refractivity contribution in [2.75, 3.05) is 26.0 Å². The normalized spacial score (nSPS) is 29.6. The Morgan fingerprint density at radius 3 is 2.73 bits per heavy atom. The minimum absolute atomic E-state index is 0.0588. The lowest BCUT2D eigenvalue weighted by Crippen LogP contribution is -2.45. The molecule has 8 heteroatoms. The molecule has 2 heterocycles. The van der Waals surface area contributed by atoms with Gasteiger partial charge < -0.3 is 15.3 Å². The monoisotopic (exact) mass is 422 g/mol. The van der Waals surface area contributed by atoms with Crippen LogP contribution in [0.3, 0.4) is 0 Å². The van der Waals surface area contributed by atoms with Crippen LogP contribution in [0.2, 0.25) is 0 Å². The van der Waals surface area contributed by atoms with Gasteiger partial charge in [-0.1, -0.05) is 6.07 Å². The smallest absolute Gasteiger partial charge is 0.408 e. The van der Waals surface area contributed by atoms with Crippen LogP contribution in [0.4, 0.5) is 10.6 Å². The number of fused-ring (bicyclic) bond motifs is 1. The van der Waals surface area contributed by atoms with E-state index in [9.17, 15) is 14.7 Å². The van der Waals surface area contributed by atoms with Gasteiger partial charge in [-0.3, -0.25) is 9.69 Å². The maximum atomic E-state index is 12.9. The zero-order valence-corrected chi connectivity index (χ0v) is 16.5. The number of likely N-dealkylation sites (tertiary alicyclic amines) is 1. The van der Waals surface area contributed by atoms with E-state index in [2.05, 4.69) is 31.1 Å². The maximum absolute atomic E-state index is 12.9. The van der Waals surface area contributed by atoms with Crippen LogP contribution >= 0.6 is 15.9 Å². The van der Waals surface area contributed by atoms with E-state index in [1.165, 1.54) is 4.90 Å². The second-order valence-electron chi connectivity index (χ2n) is 8.07. The first-order valence-corrected chi connectivity index (χ1v) is 9.73. The summed E-state index contributed by atoms with van der Waals surface area (Å²) >= 11 is 3.35. The summed E-state index contributed by atoms with van der Waals surface area (Å²) in [5.74, 6) is 0.725. The summed E-state index contributed by atoms with van der Waals surface area (Å²) in [5.41, 5.74) is 0.947. The number of pyridine rings is 1. The SMILES string of the molecule is CN(C)CC12CC(C(=O)Nc3nc(Br)ccc3C3CC3)N(C(=O)O)C1C2. The molecule has 2 saturated carbocycles. The van der Waals surface area contributed by atoms with Crippen molar-refractivity contribution < 1.29 is 14.7 Å². The summed E-state index contributed by atoms with van der Waals surface area (Å²) in [4.78, 5) is 32.6. The lowest BCUT2D eigenvalue weighted by Gasteiger charge is -2.24. The van der Waals surface area contributed by atoms with Crippen LogP contribution in [-0.4, -0.2) is 64.6 Å². The van der Waals surface area contributed by atoms with Crippen LogP contribution in [0, 0.1) is 5.41 Å². The molecule has 4 rings (SSSR count). The number of carbonyl (C=O) groups excluding carboxylic acids is 1. The Morgan fingerprint density at radius 2 is 2.12 bits per heavy atom. The number of halogens is 1. The third kappa shape index (κ3) is 3.09. The highest BCUT2D eigenvalue weighted by Crippen LogP contribution is 2.59. The van der Waals surface area contributed by atoms with Crippen molar-refractivity contribution in [1.29, 1.82) is 0 Å². The molecule has 7 nitrogen and oxygen atoms in total. The van der Waals surface area contributed by atoms with Crippen LogP contribution in [0.25, 0.3) is 0 Å². The van der Waals surface area contributed by atoms with Crippen LogP contribution in [0.1, 0.15) is 37.2 Å². The van der Waals surface area contributed by atoms with Crippen LogP contribution < -0.4 is 5.32 Å². The maximum Gasteiger partial charge on any atom is 0.408 e. The first kappa shape index (κ1) is 17.7. The summed E-state index contributed by atoms with van der Waals surface area (Å²) < 4.78 is 0.658. The molecule has 0 bridgehead atoms. The number of anilines is 1. The molecule has 0 aromatic carbocycles. The number of aromatic nitrogens is 1. The molecule has 2 amide bonds. The number of nitrogens with zero attached hydrogens (tertiary/aromatic N) is 3. The van der Waals surface area contributed by atoms with Gasteiger partial charge in [-0.25, -0.2) is 9.78 Å². The Bertz CT molecular complexity index is 767. The molecule has 3 aliphatic rings. The van der Waals surface area contributed by atoms with E-state index in [-0.39, 0.29) is 17.4 Å². The fourth-order valence-corrected chi connectivity index (χ4v) is 4.77. The van der Waals surface area contributed by atoms with Gasteiger partial charge in [0.15, 0.2) is 0 Å². The molecule has 1 aromatic rings. The van der Waals surface area contributed by atoms with Gasteiger partial charge in [0, 0.05) is 18.0 Å². The molecule has 140 valence electrons. The van der Waals surface area contributed by atoms with E-state index < -0.39 is 12.1 Å². The van der Waals surface area contributed by atoms with Gasteiger partial charge in [0.25, 0.3) is 0 Å². The zero-order valence-electron chi connectivity index (χ0n) is 14.9. The number of carboxylic acid groups (broad SMARTS) is 1. The van der Waals surface area contributed by atoms with Gasteiger partial charge in [0.05, 0.1) is 0 Å². The fraction of sp³-hybridized carbons (Fsp3) is 0.611. The van der Waals surface area contributed by atoms with Crippen molar-refractivity contribution >= 4 is 33.7 Å². The zero-order chi connectivity index (χ0) is 18.6. The predicted octanol–water partition coefficient (Wildman–Crippen LogP) is 2.73. The van der Waals surface area contributed by atoms with Gasteiger partial charge in [0.1, 0.15) is 16.5 Å². The summed E-state index contributed by atoms with van der Waals surface area (Å²) in [5, 5.41) is 12.6. The number of hydrogen-bond acceptors (Lipinski definition) is 4. The molecular formula is C18H23BrN4O3. The Labute approximate surface area is 160 Å². The van der Waals surface area contributed by atoms with Crippen molar-refractivity contribution in [2.45, 2.75) is 43.7 Å². The number of amides is 2. The highest BCUT2D eigenvalue weighted by molar-refractivity contribution is 9.10. The van der Waals surface area contributed by atoms with Gasteiger partial charge in [-0.15, -0.1) is 0 Å². The first-order chi connectivity index (χ1) is 12.3. The van der Waals surface area contributed by atoms with Crippen molar-refractivity contribution in [2.24, 2.45) is 5.41 Å². The Morgan fingerprint density at radius 1 is 1.38 bits per heavy atom. The molecule has 1 saturated heterocycles. The molecule has 1 aliphatic heterocycles. The molecule has 2 N–H and O–H groups in total. The van der Waals surface area contributed by atoms with Crippen molar-refractivity contribution in [1.82, 2.24) is 14.8 Å². The molecule has 3 fully saturated rings. The Balaban J connectivity index is 1.55. The summed E-state index contributed by atoms with van der Waals surface area (Å²) in [6, 6.07) is 3.15. The molecule has 0 radical (unpaired) electrons. The second-order valence-corrected chi connectivity index (χ2v) is 8.88. The number of carbonyl (C=O) groups is 2. The average molecular weight is 423 g/mol. The van der Waals surface area contributed by atoms with E-state index in [1.807, 2.05) is 26.2 Å². The molecular weight excluding hydrogens is 400 g/mol. The average Bonchev–Trinajstić information content (AvgIpc) is 3.45. The topological polar surface area (TPSA) is 85.8 Å². The van der Waals surface area contributed by atoms with Gasteiger partial charge in [-0.2, -0.15) is 0 Å². The summed E-state index contributed by atoms with van der Waals surface area (Å²) in [6.45, 7) is 0.799. The first-order valence-electron chi connectivity index (χ1n) is 8.94. The van der Waals surface area contributed by atoms with Gasteiger partial charge >= 0.3 is 6.09 Å². The lowest BCUT2D eigenvalue weighted by atomic mass is 9.98. The standard InChI is InChI=1S/C18H23BrN4O3/c1-22(2)9-18-7-12(23(17(25)26)13(18)8-18)16(24)21-15-11(10-3-4-10)5-6-14(19)20-15/h5-6,10,12-13H,3-4,7-9H2,1-2H3,(H,25,26)(H,20,21,24). The van der Waals surface area contributed by atoms with Gasteiger partial charge in [-0.05, 0) is 73.3 Å². The molecule has 3 unspecified atom stereocenters. The fourth-order valence-electron chi connectivity index (χ4n) is 4.46. The van der Waals surface area contributed by atoms with E-state index >= 15 is 0 Å². The number of nitrogens with one attached hydrogen (secondary N) is 1. The Kier molecular flexibility index (Phi) is 4.23. The quantitative estimate of drug-likeness (QED) is 0.712. The molecule has 2 aliphatic carbocycles.